The first-order valence-electron chi connectivity index (χ1n) is 31.5. The molecule has 0 spiro atoms. The topological polar surface area (TPSA) is 428 Å². The van der Waals surface area contributed by atoms with Crippen molar-refractivity contribution in [2.75, 3.05) is 33.3 Å². The quantitative estimate of drug-likeness (QED) is 0.0275. The third kappa shape index (κ3) is 25.0. The van der Waals surface area contributed by atoms with Crippen molar-refractivity contribution in [3.63, 3.8) is 0 Å². The summed E-state index contributed by atoms with van der Waals surface area (Å²) < 4.78 is 5.72. The summed E-state index contributed by atoms with van der Waals surface area (Å²) in [6.45, 7) is 16.5. The summed E-state index contributed by atoms with van der Waals surface area (Å²) in [5, 5.41) is 40.4. The molecule has 1 aliphatic rings. The highest BCUT2D eigenvalue weighted by molar-refractivity contribution is 5.99. The van der Waals surface area contributed by atoms with Crippen LogP contribution in [0.1, 0.15) is 152 Å². The third-order valence-corrected chi connectivity index (χ3v) is 16.5. The number of aliphatic hydroxyl groups is 1. The highest BCUT2D eigenvalue weighted by atomic mass is 16.5. The molecule has 0 saturated carbocycles. The minimum absolute atomic E-state index is 0.0822. The van der Waals surface area contributed by atoms with Crippen LogP contribution in [-0.4, -0.2) is 176 Å². The van der Waals surface area contributed by atoms with E-state index in [1.165, 1.54) is 13.8 Å². The summed E-state index contributed by atoms with van der Waals surface area (Å²) in [6.07, 6.45) is 2.97. The molecule has 88 heavy (non-hydrogen) atoms. The Bertz CT molecular complexity index is 2410. The number of amides is 10. The van der Waals surface area contributed by atoms with Gasteiger partial charge < -0.3 is 85.5 Å². The van der Waals surface area contributed by atoms with E-state index in [0.717, 1.165) is 5.56 Å². The standard InChI is InChI=1S/C61H106N14O13/c1-12-34(5)46(72-55(81)44(65-11)32-40-24-17-16-18-25-40)57(83)69-41(26-19-21-29-62)52(78)68-42(27-20-22-30-63)53(79)71-48(36(7)14-3)59(85)73-47(35(6)13-2)58(84)70-45(33-76)56(82)75-50-39(10)88-61(87)49(37(8)15-4)74-54(80)43(28-23-31-64)67-51(77)38(9)66-60(50)86/h16-18,24-25,34-39,41-50,65,76H,12-15,19-23,26-33,62-64H2,1-11H3,(H,66,86)(H,67,77)(H,68,78)(H,69,83)(H,70,84)(H,71,79)(H,72,81)(H,73,85)(H,74,80)(H,75,82)/t34-,35-,36-,37-,38-,39-,41-,42+,43-,44+,45-,46-,47-,48+,49-,50+/m0/s1. The Labute approximate surface area is 519 Å². The van der Waals surface area contributed by atoms with E-state index in [0.29, 0.717) is 70.8 Å². The predicted octanol–water partition coefficient (Wildman–Crippen LogP) is -1.20. The van der Waals surface area contributed by atoms with Gasteiger partial charge in [-0.3, -0.25) is 47.9 Å². The summed E-state index contributed by atoms with van der Waals surface area (Å²) in [6, 6.07) is -4.54. The molecule has 27 heteroatoms. The van der Waals surface area contributed by atoms with Crippen molar-refractivity contribution in [1.29, 1.82) is 0 Å². The van der Waals surface area contributed by atoms with E-state index in [4.69, 9.17) is 21.9 Å². The minimum Gasteiger partial charge on any atom is -0.458 e. The minimum atomic E-state index is -1.77. The van der Waals surface area contributed by atoms with Gasteiger partial charge in [-0.15, -0.1) is 0 Å². The van der Waals surface area contributed by atoms with Crippen LogP contribution >= 0.6 is 0 Å². The second-order valence-corrected chi connectivity index (χ2v) is 23.3. The van der Waals surface area contributed by atoms with Gasteiger partial charge in [-0.1, -0.05) is 111 Å². The van der Waals surface area contributed by atoms with Crippen molar-refractivity contribution in [3.05, 3.63) is 35.9 Å². The van der Waals surface area contributed by atoms with Crippen molar-refractivity contribution >= 4 is 65.0 Å². The van der Waals surface area contributed by atoms with E-state index in [1.54, 1.807) is 48.6 Å². The highest BCUT2D eigenvalue weighted by Crippen LogP contribution is 2.18. The highest BCUT2D eigenvalue weighted by Gasteiger charge is 2.41. The first-order chi connectivity index (χ1) is 41.8. The van der Waals surface area contributed by atoms with Gasteiger partial charge in [0.15, 0.2) is 0 Å². The van der Waals surface area contributed by atoms with Crippen molar-refractivity contribution in [2.24, 2.45) is 40.9 Å². The molecule has 0 unspecified atom stereocenters. The van der Waals surface area contributed by atoms with E-state index in [2.05, 4.69) is 58.5 Å². The van der Waals surface area contributed by atoms with Gasteiger partial charge in [0.1, 0.15) is 66.5 Å². The number of nitrogens with two attached hydrogens (primary N) is 3. The van der Waals surface area contributed by atoms with Gasteiger partial charge in [-0.05, 0) is 128 Å². The molecule has 16 atom stereocenters. The molecule has 498 valence electrons. The average molecular weight is 1240 g/mol. The number of aliphatic hydroxyl groups excluding tert-OH is 1. The Morgan fingerprint density at radius 1 is 0.545 bits per heavy atom. The van der Waals surface area contributed by atoms with E-state index < -0.39 is 162 Å². The fraction of sp³-hybridized carbons (Fsp3) is 0.721. The smallest absolute Gasteiger partial charge is 0.329 e. The Morgan fingerprint density at radius 2 is 1.00 bits per heavy atom. The van der Waals surface area contributed by atoms with Crippen molar-refractivity contribution < 1.29 is 62.6 Å². The lowest BCUT2D eigenvalue weighted by Gasteiger charge is -2.31. The lowest BCUT2D eigenvalue weighted by molar-refractivity contribution is -0.157. The summed E-state index contributed by atoms with van der Waals surface area (Å²) in [5.74, 6) is -10.6. The molecule has 0 bridgehead atoms. The SMILES string of the molecule is CC[C@H](C)[C@H](NC(=O)[C@@H](Cc1ccccc1)NC)C(=O)N[C@@H](CCCCN)C(=O)N[C@H](CCCCN)C(=O)N[C@@H](C(=O)N[C@H](C(=O)N[C@@H](CO)C(=O)N[C@H]1C(=O)N[C@@H](C)C(=O)N[C@@H](CCCN)C(=O)N[C@@H]([C@@H](C)CC)C(=O)O[C@H]1C)[C@@H](C)CC)[C@@H](C)CC. The lowest BCUT2D eigenvalue weighted by atomic mass is 9.94. The second-order valence-electron chi connectivity index (χ2n) is 23.3. The van der Waals surface area contributed by atoms with E-state index in [-0.39, 0.29) is 38.3 Å². The van der Waals surface area contributed by atoms with Crippen LogP contribution in [0, 0.1) is 23.7 Å². The van der Waals surface area contributed by atoms with Gasteiger partial charge in [-0.25, -0.2) is 4.79 Å². The van der Waals surface area contributed by atoms with Gasteiger partial charge in [0.05, 0.1) is 12.6 Å². The van der Waals surface area contributed by atoms with Crippen LogP contribution < -0.4 is 75.7 Å². The molecule has 0 radical (unpaired) electrons. The lowest BCUT2D eigenvalue weighted by Crippen LogP contribution is -2.63. The first kappa shape index (κ1) is 77.3. The largest absolute Gasteiger partial charge is 0.458 e. The summed E-state index contributed by atoms with van der Waals surface area (Å²) >= 11 is 0. The number of nitrogens with one attached hydrogen (secondary N) is 11. The molecule has 0 aliphatic carbocycles. The second kappa shape index (κ2) is 40.7. The van der Waals surface area contributed by atoms with Crippen molar-refractivity contribution in [1.82, 2.24) is 58.5 Å². The molecule has 1 saturated heterocycles. The number of rotatable bonds is 37. The Kier molecular flexibility index (Phi) is 35.7. The molecular formula is C61H106N14O13. The predicted molar refractivity (Wildman–Crippen MR) is 333 cm³/mol. The van der Waals surface area contributed by atoms with Crippen LogP contribution in [0.2, 0.25) is 0 Å². The molecule has 27 nitrogen and oxygen atoms in total. The molecule has 1 heterocycles. The number of hydrogen-bond acceptors (Lipinski definition) is 17. The van der Waals surface area contributed by atoms with Gasteiger partial charge >= 0.3 is 5.97 Å². The van der Waals surface area contributed by atoms with Gasteiger partial charge in [0.2, 0.25) is 59.1 Å². The molecule has 1 aromatic carbocycles. The van der Waals surface area contributed by atoms with Crippen LogP contribution in [0.3, 0.4) is 0 Å². The molecule has 1 fully saturated rings. The third-order valence-electron chi connectivity index (χ3n) is 16.5. The van der Waals surface area contributed by atoms with Crippen LogP contribution in [-0.2, 0) is 63.9 Å². The Balaban J connectivity index is 2.45. The maximum absolute atomic E-state index is 14.5. The number of hydrogen-bond donors (Lipinski definition) is 15. The Hall–Kier alpha value is -6.81. The number of carbonyl (C=O) groups is 11. The van der Waals surface area contributed by atoms with E-state index >= 15 is 0 Å². The van der Waals surface area contributed by atoms with Gasteiger partial charge in [-0.2, -0.15) is 0 Å². The van der Waals surface area contributed by atoms with Crippen LogP contribution in [0.15, 0.2) is 30.3 Å². The normalized spacial score (nSPS) is 21.2. The van der Waals surface area contributed by atoms with Crippen LogP contribution in [0.5, 0.6) is 0 Å². The summed E-state index contributed by atoms with van der Waals surface area (Å²) in [4.78, 5) is 155. The zero-order valence-electron chi connectivity index (χ0n) is 53.7. The number of benzene rings is 1. The number of ether oxygens (including phenoxy) is 1. The maximum Gasteiger partial charge on any atom is 0.329 e. The molecule has 1 aromatic rings. The fourth-order valence-corrected chi connectivity index (χ4v) is 9.70. The molecule has 1 aliphatic heterocycles. The zero-order valence-corrected chi connectivity index (χ0v) is 53.7. The van der Waals surface area contributed by atoms with Crippen LogP contribution in [0.25, 0.3) is 0 Å². The number of cyclic esters (lactones) is 1. The van der Waals surface area contributed by atoms with Crippen LogP contribution in [0.4, 0.5) is 0 Å². The number of unbranched alkanes of at least 4 members (excludes halogenated alkanes) is 2. The number of likely N-dealkylation sites (N-methyl/N-ethyl adjacent to an activating group) is 1. The Morgan fingerprint density at radius 3 is 1.47 bits per heavy atom. The van der Waals surface area contributed by atoms with E-state index in [9.17, 15) is 57.8 Å². The average Bonchev–Trinajstić information content (AvgIpc) is 3.68. The molecule has 18 N–H and O–H groups in total. The summed E-state index contributed by atoms with van der Waals surface area (Å²) in [7, 11) is 1.65. The van der Waals surface area contributed by atoms with Crippen molar-refractivity contribution in [3.8, 4) is 0 Å². The fourth-order valence-electron chi connectivity index (χ4n) is 9.70. The molecule has 0 aromatic heterocycles. The molecular weight excluding hydrogens is 1140 g/mol. The molecule has 10 amide bonds. The summed E-state index contributed by atoms with van der Waals surface area (Å²) in [5.41, 5.74) is 18.3. The van der Waals surface area contributed by atoms with Gasteiger partial charge in [0, 0.05) is 0 Å². The first-order valence-corrected chi connectivity index (χ1v) is 31.5. The molecule has 2 rings (SSSR count). The maximum atomic E-state index is 14.5. The van der Waals surface area contributed by atoms with E-state index in [1.807, 2.05) is 44.2 Å². The monoisotopic (exact) mass is 1240 g/mol. The number of esters is 1. The van der Waals surface area contributed by atoms with Gasteiger partial charge in [0.25, 0.3) is 0 Å². The zero-order chi connectivity index (χ0) is 66.2. The number of carbonyl (C=O) groups excluding carboxylic acids is 11. The van der Waals surface area contributed by atoms with Crippen molar-refractivity contribution in [2.45, 2.75) is 225 Å².